The SMILES string of the molecule is COc1ccc(NC(=S)NC2C[C@@H]3CC[C@@H](C2)N3Cc2ccco2)cc1. The number of hydrogen-bond acceptors (Lipinski definition) is 4. The highest BCUT2D eigenvalue weighted by atomic mass is 32.1. The number of hydrogen-bond donors (Lipinski definition) is 2. The molecule has 2 aromatic rings. The molecule has 2 aliphatic rings. The number of fused-ring (bicyclic) bond motifs is 2. The van der Waals surface area contributed by atoms with Crippen LogP contribution in [-0.4, -0.2) is 35.2 Å². The summed E-state index contributed by atoms with van der Waals surface area (Å²) in [5.74, 6) is 1.90. The van der Waals surface area contributed by atoms with E-state index in [9.17, 15) is 0 Å². The molecule has 26 heavy (non-hydrogen) atoms. The minimum absolute atomic E-state index is 0.429. The van der Waals surface area contributed by atoms with E-state index in [0.717, 1.165) is 36.6 Å². The van der Waals surface area contributed by atoms with E-state index in [1.807, 2.05) is 30.3 Å². The molecule has 2 bridgehead atoms. The number of benzene rings is 1. The van der Waals surface area contributed by atoms with Crippen LogP contribution in [0.1, 0.15) is 31.4 Å². The average Bonchev–Trinajstić information content (AvgIpc) is 3.22. The molecule has 5 nitrogen and oxygen atoms in total. The lowest BCUT2D eigenvalue weighted by Gasteiger charge is -2.39. The van der Waals surface area contributed by atoms with Crippen molar-refractivity contribution in [2.75, 3.05) is 12.4 Å². The van der Waals surface area contributed by atoms with Gasteiger partial charge in [0.05, 0.1) is 19.9 Å². The van der Waals surface area contributed by atoms with E-state index in [-0.39, 0.29) is 0 Å². The number of nitrogens with one attached hydrogen (secondary N) is 2. The lowest BCUT2D eigenvalue weighted by atomic mass is 9.97. The van der Waals surface area contributed by atoms with Crippen LogP contribution in [-0.2, 0) is 6.54 Å². The van der Waals surface area contributed by atoms with Crippen LogP contribution < -0.4 is 15.4 Å². The van der Waals surface area contributed by atoms with Gasteiger partial charge in [0, 0.05) is 23.8 Å². The fourth-order valence-electron chi connectivity index (χ4n) is 4.26. The molecule has 2 saturated heterocycles. The summed E-state index contributed by atoms with van der Waals surface area (Å²) in [6.45, 7) is 0.920. The molecule has 0 unspecified atom stereocenters. The largest absolute Gasteiger partial charge is 0.497 e. The third-order valence-corrected chi connectivity index (χ3v) is 5.71. The maximum atomic E-state index is 5.54. The van der Waals surface area contributed by atoms with Crippen molar-refractivity contribution >= 4 is 23.0 Å². The number of piperidine rings is 1. The van der Waals surface area contributed by atoms with Crippen molar-refractivity contribution < 1.29 is 9.15 Å². The topological polar surface area (TPSA) is 49.7 Å². The molecule has 1 aromatic carbocycles. The number of rotatable bonds is 5. The fraction of sp³-hybridized carbons (Fsp3) is 0.450. The van der Waals surface area contributed by atoms with Crippen molar-refractivity contribution in [3.63, 3.8) is 0 Å². The van der Waals surface area contributed by atoms with E-state index in [1.165, 1.54) is 12.8 Å². The van der Waals surface area contributed by atoms with Gasteiger partial charge in [0.2, 0.25) is 0 Å². The Balaban J connectivity index is 1.30. The van der Waals surface area contributed by atoms with Gasteiger partial charge in [0.15, 0.2) is 5.11 Å². The van der Waals surface area contributed by atoms with Gasteiger partial charge in [-0.2, -0.15) is 0 Å². The van der Waals surface area contributed by atoms with E-state index >= 15 is 0 Å². The van der Waals surface area contributed by atoms with Crippen LogP contribution in [0, 0.1) is 0 Å². The van der Waals surface area contributed by atoms with Crippen molar-refractivity contribution in [1.29, 1.82) is 0 Å². The van der Waals surface area contributed by atoms with Crippen molar-refractivity contribution in [2.24, 2.45) is 0 Å². The van der Waals surface area contributed by atoms with E-state index in [1.54, 1.807) is 13.4 Å². The maximum absolute atomic E-state index is 5.54. The first-order chi connectivity index (χ1) is 12.7. The van der Waals surface area contributed by atoms with E-state index < -0.39 is 0 Å². The second kappa shape index (κ2) is 7.68. The summed E-state index contributed by atoms with van der Waals surface area (Å²) in [5, 5.41) is 7.48. The highest BCUT2D eigenvalue weighted by Crippen LogP contribution is 2.36. The highest BCUT2D eigenvalue weighted by molar-refractivity contribution is 7.80. The smallest absolute Gasteiger partial charge is 0.170 e. The summed E-state index contributed by atoms with van der Waals surface area (Å²) in [5.41, 5.74) is 0.974. The molecule has 138 valence electrons. The number of furan rings is 1. The zero-order valence-corrected chi connectivity index (χ0v) is 15.8. The minimum Gasteiger partial charge on any atom is -0.497 e. The predicted molar refractivity (Wildman–Crippen MR) is 106 cm³/mol. The first-order valence-corrected chi connectivity index (χ1v) is 9.62. The molecule has 4 rings (SSSR count). The van der Waals surface area contributed by atoms with Crippen LogP contribution in [0.15, 0.2) is 47.1 Å². The van der Waals surface area contributed by atoms with Gasteiger partial charge in [0.25, 0.3) is 0 Å². The number of anilines is 1. The molecule has 2 aliphatic heterocycles. The second-order valence-corrected chi connectivity index (χ2v) is 7.54. The zero-order valence-electron chi connectivity index (χ0n) is 15.0. The van der Waals surface area contributed by atoms with Crippen LogP contribution in [0.5, 0.6) is 5.75 Å². The van der Waals surface area contributed by atoms with Gasteiger partial charge in [-0.25, -0.2) is 0 Å². The van der Waals surface area contributed by atoms with Gasteiger partial charge in [-0.3, -0.25) is 4.90 Å². The van der Waals surface area contributed by atoms with Gasteiger partial charge in [-0.15, -0.1) is 0 Å². The molecule has 0 amide bonds. The third kappa shape index (κ3) is 3.86. The van der Waals surface area contributed by atoms with Crippen LogP contribution in [0.25, 0.3) is 0 Å². The third-order valence-electron chi connectivity index (χ3n) is 5.49. The van der Waals surface area contributed by atoms with Crippen molar-refractivity contribution in [3.05, 3.63) is 48.4 Å². The summed E-state index contributed by atoms with van der Waals surface area (Å²) in [6, 6.07) is 13.5. The molecule has 0 radical (unpaired) electrons. The number of ether oxygens (including phenoxy) is 1. The van der Waals surface area contributed by atoms with Crippen molar-refractivity contribution in [1.82, 2.24) is 10.2 Å². The van der Waals surface area contributed by atoms with Crippen LogP contribution >= 0.6 is 12.2 Å². The minimum atomic E-state index is 0.429. The molecule has 2 atom stereocenters. The monoisotopic (exact) mass is 371 g/mol. The van der Waals surface area contributed by atoms with Crippen molar-refractivity contribution in [3.8, 4) is 5.75 Å². The van der Waals surface area contributed by atoms with Gasteiger partial charge in [-0.05, 0) is 74.3 Å². The Morgan fingerprint density at radius 1 is 1.19 bits per heavy atom. The second-order valence-electron chi connectivity index (χ2n) is 7.13. The molecule has 3 heterocycles. The van der Waals surface area contributed by atoms with Crippen LogP contribution in [0.3, 0.4) is 0 Å². The lowest BCUT2D eigenvalue weighted by molar-refractivity contribution is 0.106. The predicted octanol–water partition coefficient (Wildman–Crippen LogP) is 3.77. The Kier molecular flexibility index (Phi) is 5.13. The molecule has 0 spiro atoms. The molecule has 1 aromatic heterocycles. The quantitative estimate of drug-likeness (QED) is 0.781. The Bertz CT molecular complexity index is 718. The molecule has 2 N–H and O–H groups in total. The Labute approximate surface area is 159 Å². The Hall–Kier alpha value is -2.05. The maximum Gasteiger partial charge on any atom is 0.170 e. The molecule has 0 aliphatic carbocycles. The highest BCUT2D eigenvalue weighted by Gasteiger charge is 2.41. The summed E-state index contributed by atoms with van der Waals surface area (Å²) in [4.78, 5) is 2.61. The van der Waals surface area contributed by atoms with Crippen molar-refractivity contribution in [2.45, 2.75) is 50.4 Å². The summed E-state index contributed by atoms with van der Waals surface area (Å²) >= 11 is 5.52. The Morgan fingerprint density at radius 3 is 2.54 bits per heavy atom. The number of methoxy groups -OCH3 is 1. The van der Waals surface area contributed by atoms with Crippen LogP contribution in [0.2, 0.25) is 0 Å². The number of nitrogens with zero attached hydrogens (tertiary/aromatic N) is 1. The van der Waals surface area contributed by atoms with Gasteiger partial charge in [-0.1, -0.05) is 0 Å². The van der Waals surface area contributed by atoms with Gasteiger partial charge >= 0.3 is 0 Å². The first kappa shape index (κ1) is 17.4. The van der Waals surface area contributed by atoms with Crippen LogP contribution in [0.4, 0.5) is 5.69 Å². The van der Waals surface area contributed by atoms with Gasteiger partial charge < -0.3 is 19.8 Å². The summed E-state index contributed by atoms with van der Waals surface area (Å²) in [7, 11) is 1.67. The number of thiocarbonyl (C=S) groups is 1. The standard InChI is InChI=1S/C20H25N3O2S/c1-24-18-8-4-14(5-9-18)21-20(26)22-15-11-16-6-7-17(12-15)23(16)13-19-3-2-10-25-19/h2-5,8-10,15-17H,6-7,11-13H2,1H3,(H2,21,22,26)/t16-,17-/m0/s1. The molecular weight excluding hydrogens is 346 g/mol. The fourth-order valence-corrected chi connectivity index (χ4v) is 4.54. The molecule has 6 heteroatoms. The lowest BCUT2D eigenvalue weighted by Crippen LogP contribution is -2.50. The summed E-state index contributed by atoms with van der Waals surface area (Å²) < 4.78 is 10.7. The van der Waals surface area contributed by atoms with Gasteiger partial charge in [0.1, 0.15) is 11.5 Å². The van der Waals surface area contributed by atoms with E-state index in [0.29, 0.717) is 23.2 Å². The molecule has 0 saturated carbocycles. The van der Waals surface area contributed by atoms with E-state index in [2.05, 4.69) is 21.6 Å². The summed E-state index contributed by atoms with van der Waals surface area (Å²) in [6.07, 6.45) is 6.54. The zero-order chi connectivity index (χ0) is 17.9. The first-order valence-electron chi connectivity index (χ1n) is 9.21. The molecular formula is C20H25N3O2S. The van der Waals surface area contributed by atoms with E-state index in [4.69, 9.17) is 21.4 Å². The molecule has 2 fully saturated rings. The normalized spacial score (nSPS) is 25.0. The average molecular weight is 372 g/mol. The Morgan fingerprint density at radius 2 is 1.92 bits per heavy atom.